The van der Waals surface area contributed by atoms with Gasteiger partial charge in [0, 0.05) is 17.4 Å². The summed E-state index contributed by atoms with van der Waals surface area (Å²) in [6, 6.07) is 5.13. The van der Waals surface area contributed by atoms with Gasteiger partial charge in [-0.25, -0.2) is 18.7 Å². The lowest BCUT2D eigenvalue weighted by atomic mass is 10.2. The molecule has 4 nitrogen and oxygen atoms in total. The Morgan fingerprint density at radius 3 is 2.17 bits per heavy atom. The molecule has 1 aromatic heterocycles. The van der Waals surface area contributed by atoms with Gasteiger partial charge in [0.25, 0.3) is 0 Å². The monoisotopic (exact) mass is 268 g/mol. The molecule has 0 unspecified atom stereocenters. The number of nitrogen functional groups attached to an aromatic ring is 2. The molecule has 0 aliphatic heterocycles. The normalized spacial score (nSPS) is 10.6. The van der Waals surface area contributed by atoms with Gasteiger partial charge in [0.15, 0.2) is 5.16 Å². The molecule has 0 bridgehead atoms. The summed E-state index contributed by atoms with van der Waals surface area (Å²) in [4.78, 5) is 7.83. The van der Waals surface area contributed by atoms with Crippen molar-refractivity contribution in [2.75, 3.05) is 11.5 Å². The van der Waals surface area contributed by atoms with E-state index >= 15 is 0 Å². The van der Waals surface area contributed by atoms with E-state index in [0.29, 0.717) is 0 Å². The number of hydrogen-bond donors (Lipinski definition) is 2. The first kappa shape index (κ1) is 12.6. The van der Waals surface area contributed by atoms with Crippen molar-refractivity contribution in [3.05, 3.63) is 41.5 Å². The van der Waals surface area contributed by atoms with Gasteiger partial charge in [0.2, 0.25) is 0 Å². The average molecular weight is 268 g/mol. The highest BCUT2D eigenvalue weighted by molar-refractivity contribution is 7.98. The van der Waals surface area contributed by atoms with Crippen LogP contribution < -0.4 is 11.5 Å². The fourth-order valence-corrected chi connectivity index (χ4v) is 2.22. The van der Waals surface area contributed by atoms with Gasteiger partial charge in [-0.1, -0.05) is 17.8 Å². The molecule has 18 heavy (non-hydrogen) atoms. The first-order valence-corrected chi connectivity index (χ1v) is 6.00. The van der Waals surface area contributed by atoms with Crippen LogP contribution in [0.2, 0.25) is 0 Å². The topological polar surface area (TPSA) is 77.8 Å². The SMILES string of the molecule is Nc1cc(N)nc(SCc2c(F)cccc2F)n1. The van der Waals surface area contributed by atoms with Gasteiger partial charge in [-0.3, -0.25) is 0 Å². The summed E-state index contributed by atoms with van der Waals surface area (Å²) < 4.78 is 26.7. The van der Waals surface area contributed by atoms with Crippen LogP contribution in [-0.4, -0.2) is 9.97 Å². The number of hydrogen-bond acceptors (Lipinski definition) is 5. The van der Waals surface area contributed by atoms with Gasteiger partial charge >= 0.3 is 0 Å². The van der Waals surface area contributed by atoms with Crippen LogP contribution in [0.4, 0.5) is 20.4 Å². The van der Waals surface area contributed by atoms with Gasteiger partial charge < -0.3 is 11.5 Å². The van der Waals surface area contributed by atoms with Crippen molar-refractivity contribution in [3.63, 3.8) is 0 Å². The molecule has 2 rings (SSSR count). The predicted octanol–water partition coefficient (Wildman–Crippen LogP) is 2.21. The second kappa shape index (κ2) is 5.18. The minimum absolute atomic E-state index is 0.0212. The maximum atomic E-state index is 13.4. The zero-order valence-electron chi connectivity index (χ0n) is 9.23. The smallest absolute Gasteiger partial charge is 0.191 e. The highest BCUT2D eigenvalue weighted by Gasteiger charge is 2.10. The van der Waals surface area contributed by atoms with Crippen molar-refractivity contribution in [2.45, 2.75) is 10.9 Å². The molecule has 0 aliphatic carbocycles. The maximum Gasteiger partial charge on any atom is 0.191 e. The van der Waals surface area contributed by atoms with Crippen LogP contribution >= 0.6 is 11.8 Å². The van der Waals surface area contributed by atoms with Crippen LogP contribution in [0.5, 0.6) is 0 Å². The second-order valence-corrected chi connectivity index (χ2v) is 4.43. The summed E-state index contributed by atoms with van der Waals surface area (Å²) in [5.41, 5.74) is 11.0. The summed E-state index contributed by atoms with van der Waals surface area (Å²) in [7, 11) is 0. The highest BCUT2D eigenvalue weighted by Crippen LogP contribution is 2.24. The van der Waals surface area contributed by atoms with Gasteiger partial charge in [-0.05, 0) is 12.1 Å². The Morgan fingerprint density at radius 1 is 1.06 bits per heavy atom. The Labute approximate surface area is 106 Å². The van der Waals surface area contributed by atoms with E-state index in [9.17, 15) is 8.78 Å². The van der Waals surface area contributed by atoms with E-state index in [0.717, 1.165) is 11.8 Å². The molecule has 0 saturated carbocycles. The maximum absolute atomic E-state index is 13.4. The Hall–Kier alpha value is -1.89. The van der Waals surface area contributed by atoms with E-state index < -0.39 is 11.6 Å². The molecular formula is C11H10F2N4S. The second-order valence-electron chi connectivity index (χ2n) is 3.49. The Bertz CT molecular complexity index is 536. The molecule has 0 aliphatic rings. The number of benzene rings is 1. The number of halogens is 2. The lowest BCUT2D eigenvalue weighted by Crippen LogP contribution is -2.00. The molecule has 0 fully saturated rings. The lowest BCUT2D eigenvalue weighted by molar-refractivity contribution is 0.566. The van der Waals surface area contributed by atoms with Crippen LogP contribution in [-0.2, 0) is 5.75 Å². The van der Waals surface area contributed by atoms with E-state index in [2.05, 4.69) is 9.97 Å². The Kier molecular flexibility index (Phi) is 3.61. The third-order valence-corrected chi connectivity index (χ3v) is 3.03. The van der Waals surface area contributed by atoms with Crippen molar-refractivity contribution in [3.8, 4) is 0 Å². The third-order valence-electron chi connectivity index (χ3n) is 2.15. The molecule has 4 N–H and O–H groups in total. The molecule has 0 spiro atoms. The number of nitrogens with zero attached hydrogens (tertiary/aromatic N) is 2. The van der Waals surface area contributed by atoms with Crippen molar-refractivity contribution in [1.82, 2.24) is 9.97 Å². The third kappa shape index (κ3) is 2.86. The van der Waals surface area contributed by atoms with Crippen LogP contribution in [0.1, 0.15) is 5.56 Å². The highest BCUT2D eigenvalue weighted by atomic mass is 32.2. The van der Waals surface area contributed by atoms with E-state index in [1.807, 2.05) is 0 Å². The zero-order valence-corrected chi connectivity index (χ0v) is 10.0. The molecular weight excluding hydrogens is 258 g/mol. The average Bonchev–Trinajstić information content (AvgIpc) is 2.27. The fraction of sp³-hybridized carbons (Fsp3) is 0.0909. The molecule has 7 heteroatoms. The molecule has 94 valence electrons. The number of nitrogens with two attached hydrogens (primary N) is 2. The van der Waals surface area contributed by atoms with Gasteiger partial charge in [0.05, 0.1) is 0 Å². The molecule has 0 amide bonds. The molecule has 1 heterocycles. The molecule has 0 radical (unpaired) electrons. The van der Waals surface area contributed by atoms with Crippen LogP contribution in [0, 0.1) is 11.6 Å². The minimum atomic E-state index is -0.598. The number of aromatic nitrogens is 2. The first-order valence-electron chi connectivity index (χ1n) is 5.02. The summed E-state index contributed by atoms with van der Waals surface area (Å²) in [5, 5.41) is 0.287. The van der Waals surface area contributed by atoms with Gasteiger partial charge in [-0.15, -0.1) is 0 Å². The van der Waals surface area contributed by atoms with Crippen molar-refractivity contribution in [2.24, 2.45) is 0 Å². The summed E-state index contributed by atoms with van der Waals surface area (Å²) >= 11 is 1.07. The van der Waals surface area contributed by atoms with Crippen LogP contribution in [0.3, 0.4) is 0 Å². The first-order chi connectivity index (χ1) is 8.56. The quantitative estimate of drug-likeness (QED) is 0.659. The van der Waals surface area contributed by atoms with Crippen molar-refractivity contribution in [1.29, 1.82) is 0 Å². The molecule has 2 aromatic rings. The Morgan fingerprint density at radius 2 is 1.61 bits per heavy atom. The molecule has 0 atom stereocenters. The number of rotatable bonds is 3. The predicted molar refractivity (Wildman–Crippen MR) is 66.8 cm³/mol. The van der Waals surface area contributed by atoms with E-state index in [1.54, 1.807) is 0 Å². The van der Waals surface area contributed by atoms with Crippen LogP contribution in [0.25, 0.3) is 0 Å². The fourth-order valence-electron chi connectivity index (χ4n) is 1.33. The summed E-state index contributed by atoms with van der Waals surface area (Å²) in [6.45, 7) is 0. The van der Waals surface area contributed by atoms with Crippen LogP contribution in [0.15, 0.2) is 29.4 Å². The van der Waals surface area contributed by atoms with Crippen molar-refractivity contribution < 1.29 is 8.78 Å². The van der Waals surface area contributed by atoms with Gasteiger partial charge in [-0.2, -0.15) is 0 Å². The Balaban J connectivity index is 2.16. The minimum Gasteiger partial charge on any atom is -0.383 e. The van der Waals surface area contributed by atoms with E-state index in [1.165, 1.54) is 24.3 Å². The van der Waals surface area contributed by atoms with Gasteiger partial charge in [0.1, 0.15) is 23.3 Å². The lowest BCUT2D eigenvalue weighted by Gasteiger charge is -2.05. The summed E-state index contributed by atoms with van der Waals surface area (Å²) in [6.07, 6.45) is 0. The standard InChI is InChI=1S/C11H10F2N4S/c12-7-2-1-3-8(13)6(7)5-18-11-16-9(14)4-10(15)17-11/h1-4H,5H2,(H4,14,15,16,17). The largest absolute Gasteiger partial charge is 0.383 e. The number of thioether (sulfide) groups is 1. The summed E-state index contributed by atoms with van der Waals surface area (Å²) in [5.74, 6) is -0.682. The number of anilines is 2. The van der Waals surface area contributed by atoms with Crippen molar-refractivity contribution >= 4 is 23.4 Å². The zero-order chi connectivity index (χ0) is 13.1. The van der Waals surface area contributed by atoms with E-state index in [-0.39, 0.29) is 28.1 Å². The van der Waals surface area contributed by atoms with E-state index in [4.69, 9.17) is 11.5 Å². The molecule has 1 aromatic carbocycles. The molecule has 0 saturated heterocycles.